The first-order chi connectivity index (χ1) is 15.2. The predicted molar refractivity (Wildman–Crippen MR) is 119 cm³/mol. The smallest absolute Gasteiger partial charge is 0.250 e. The third-order valence-electron chi connectivity index (χ3n) is 7.59. The molecule has 1 spiro atoms. The standard InChI is InChI=1S/C24H33N3O5/c1-14-8-7-9-15(2)18(14)26-21(30)19-24-11-10-23(3,32-24)16(20(29)25-4)17(24)22(31)27(19)12-5-6-13-28/h7-9,16-17,19,28H,5-6,10-13H2,1-4H3,(H,25,29)(H,26,30)/t16-,17+,19?,23+,24?/m1/s1. The number of carbonyl (C=O) groups is 3. The van der Waals surface area contributed by atoms with Crippen LogP contribution in [-0.2, 0) is 19.1 Å². The van der Waals surface area contributed by atoms with Crippen LogP contribution in [0.25, 0.3) is 0 Å². The van der Waals surface area contributed by atoms with Crippen LogP contribution in [0.2, 0.25) is 0 Å². The molecule has 3 aliphatic heterocycles. The van der Waals surface area contributed by atoms with Gasteiger partial charge >= 0.3 is 0 Å². The lowest BCUT2D eigenvalue weighted by atomic mass is 9.66. The zero-order valence-corrected chi connectivity index (χ0v) is 19.2. The molecule has 8 heteroatoms. The monoisotopic (exact) mass is 443 g/mol. The Kier molecular flexibility index (Phi) is 5.79. The third kappa shape index (κ3) is 3.23. The summed E-state index contributed by atoms with van der Waals surface area (Å²) in [7, 11) is 1.56. The lowest BCUT2D eigenvalue weighted by Crippen LogP contribution is -2.53. The van der Waals surface area contributed by atoms with Crippen molar-refractivity contribution >= 4 is 23.4 Å². The number of nitrogens with one attached hydrogen (secondary N) is 2. The van der Waals surface area contributed by atoms with Gasteiger partial charge in [-0.3, -0.25) is 14.4 Å². The molecule has 3 fully saturated rings. The minimum atomic E-state index is -1.02. The van der Waals surface area contributed by atoms with Gasteiger partial charge in [0.15, 0.2) is 0 Å². The van der Waals surface area contributed by atoms with E-state index < -0.39 is 29.1 Å². The fraction of sp³-hybridized carbons (Fsp3) is 0.625. The van der Waals surface area contributed by atoms with Gasteiger partial charge in [0, 0.05) is 25.9 Å². The summed E-state index contributed by atoms with van der Waals surface area (Å²) in [5.41, 5.74) is 0.824. The molecule has 32 heavy (non-hydrogen) atoms. The second kappa shape index (κ2) is 8.15. The summed E-state index contributed by atoms with van der Waals surface area (Å²) in [5.74, 6) is -2.04. The van der Waals surface area contributed by atoms with Crippen LogP contribution < -0.4 is 10.6 Å². The van der Waals surface area contributed by atoms with E-state index in [1.165, 1.54) is 0 Å². The molecule has 8 nitrogen and oxygen atoms in total. The summed E-state index contributed by atoms with van der Waals surface area (Å²) in [6.07, 6.45) is 2.27. The fourth-order valence-electron chi connectivity index (χ4n) is 6.12. The Labute approximate surface area is 188 Å². The fourth-order valence-corrected chi connectivity index (χ4v) is 6.12. The van der Waals surface area contributed by atoms with Crippen LogP contribution in [0.1, 0.15) is 43.7 Å². The number of anilines is 1. The second-order valence-corrected chi connectivity index (χ2v) is 9.56. The van der Waals surface area contributed by atoms with Gasteiger partial charge in [-0.25, -0.2) is 0 Å². The predicted octanol–water partition coefficient (Wildman–Crippen LogP) is 1.53. The van der Waals surface area contributed by atoms with Crippen molar-refractivity contribution in [1.82, 2.24) is 10.2 Å². The number of aliphatic hydroxyl groups is 1. The number of fused-ring (bicyclic) bond motifs is 1. The van der Waals surface area contributed by atoms with Gasteiger partial charge in [-0.15, -0.1) is 0 Å². The van der Waals surface area contributed by atoms with Gasteiger partial charge in [-0.05, 0) is 57.6 Å². The van der Waals surface area contributed by atoms with Crippen molar-refractivity contribution in [2.45, 2.75) is 63.7 Å². The number of aryl methyl sites for hydroxylation is 2. The number of likely N-dealkylation sites (tertiary alicyclic amines) is 1. The van der Waals surface area contributed by atoms with Gasteiger partial charge < -0.3 is 25.4 Å². The minimum absolute atomic E-state index is 0.0192. The number of benzene rings is 1. The van der Waals surface area contributed by atoms with Crippen molar-refractivity contribution in [2.75, 3.05) is 25.5 Å². The van der Waals surface area contributed by atoms with Crippen LogP contribution in [0, 0.1) is 25.7 Å². The molecule has 1 aromatic rings. The number of aliphatic hydroxyl groups excluding tert-OH is 1. The number of ether oxygens (including phenoxy) is 1. The van der Waals surface area contributed by atoms with Gasteiger partial charge in [0.25, 0.3) is 0 Å². The highest BCUT2D eigenvalue weighted by atomic mass is 16.5. The largest absolute Gasteiger partial charge is 0.396 e. The summed E-state index contributed by atoms with van der Waals surface area (Å²) in [6.45, 7) is 6.10. The van der Waals surface area contributed by atoms with Gasteiger partial charge in [0.05, 0.1) is 17.4 Å². The molecule has 2 unspecified atom stereocenters. The Morgan fingerprint density at radius 2 is 1.88 bits per heavy atom. The average molecular weight is 444 g/mol. The molecular weight excluding hydrogens is 410 g/mol. The molecule has 3 N–H and O–H groups in total. The molecule has 0 radical (unpaired) electrons. The maximum absolute atomic E-state index is 13.7. The van der Waals surface area contributed by atoms with Crippen molar-refractivity contribution in [3.63, 3.8) is 0 Å². The zero-order chi connectivity index (χ0) is 23.3. The van der Waals surface area contributed by atoms with Crippen LogP contribution in [0.3, 0.4) is 0 Å². The number of nitrogens with zero attached hydrogens (tertiary/aromatic N) is 1. The molecule has 3 amide bonds. The Bertz CT molecular complexity index is 929. The lowest BCUT2D eigenvalue weighted by Gasteiger charge is -2.33. The number of amides is 3. The minimum Gasteiger partial charge on any atom is -0.396 e. The lowest BCUT2D eigenvalue weighted by molar-refractivity contribution is -0.144. The highest BCUT2D eigenvalue weighted by Gasteiger charge is 2.77. The average Bonchev–Trinajstić information content (AvgIpc) is 3.31. The molecule has 3 heterocycles. The number of rotatable bonds is 7. The summed E-state index contributed by atoms with van der Waals surface area (Å²) >= 11 is 0. The van der Waals surface area contributed by atoms with Crippen molar-refractivity contribution < 1.29 is 24.2 Å². The van der Waals surface area contributed by atoms with Crippen molar-refractivity contribution in [1.29, 1.82) is 0 Å². The Balaban J connectivity index is 1.73. The summed E-state index contributed by atoms with van der Waals surface area (Å²) in [4.78, 5) is 41.8. The van der Waals surface area contributed by atoms with E-state index in [4.69, 9.17) is 4.74 Å². The summed E-state index contributed by atoms with van der Waals surface area (Å²) in [6, 6.07) is 4.98. The van der Waals surface area contributed by atoms with E-state index in [1.807, 2.05) is 39.0 Å². The second-order valence-electron chi connectivity index (χ2n) is 9.56. The van der Waals surface area contributed by atoms with E-state index in [0.717, 1.165) is 16.8 Å². The quantitative estimate of drug-likeness (QED) is 0.554. The van der Waals surface area contributed by atoms with Crippen LogP contribution in [-0.4, -0.2) is 65.2 Å². The van der Waals surface area contributed by atoms with E-state index in [2.05, 4.69) is 10.6 Å². The number of para-hydroxylation sites is 1. The van der Waals surface area contributed by atoms with Crippen molar-refractivity contribution in [2.24, 2.45) is 11.8 Å². The Morgan fingerprint density at radius 1 is 1.19 bits per heavy atom. The molecule has 3 saturated heterocycles. The maximum Gasteiger partial charge on any atom is 0.250 e. The van der Waals surface area contributed by atoms with E-state index in [9.17, 15) is 19.5 Å². The molecule has 2 bridgehead atoms. The van der Waals surface area contributed by atoms with Gasteiger partial charge in [-0.2, -0.15) is 0 Å². The molecule has 4 rings (SSSR count). The molecular formula is C24H33N3O5. The normalized spacial score (nSPS) is 32.8. The first-order valence-corrected chi connectivity index (χ1v) is 11.4. The Morgan fingerprint density at radius 3 is 2.50 bits per heavy atom. The first kappa shape index (κ1) is 22.7. The van der Waals surface area contributed by atoms with Crippen LogP contribution in [0.15, 0.2) is 18.2 Å². The van der Waals surface area contributed by atoms with Gasteiger partial charge in [0.1, 0.15) is 11.6 Å². The van der Waals surface area contributed by atoms with Crippen LogP contribution in [0.4, 0.5) is 5.69 Å². The number of carbonyl (C=O) groups excluding carboxylic acids is 3. The van der Waals surface area contributed by atoms with Crippen molar-refractivity contribution in [3.8, 4) is 0 Å². The topological polar surface area (TPSA) is 108 Å². The zero-order valence-electron chi connectivity index (χ0n) is 19.2. The molecule has 5 atom stereocenters. The van der Waals surface area contributed by atoms with E-state index in [0.29, 0.717) is 32.2 Å². The van der Waals surface area contributed by atoms with Gasteiger partial charge in [-0.1, -0.05) is 18.2 Å². The molecule has 1 aromatic carbocycles. The third-order valence-corrected chi connectivity index (χ3v) is 7.59. The number of hydrogen-bond donors (Lipinski definition) is 3. The van der Waals surface area contributed by atoms with E-state index >= 15 is 0 Å². The first-order valence-electron chi connectivity index (χ1n) is 11.4. The molecule has 174 valence electrons. The van der Waals surface area contributed by atoms with Crippen LogP contribution in [0.5, 0.6) is 0 Å². The number of unbranched alkanes of at least 4 members (excludes halogenated alkanes) is 1. The molecule has 0 saturated carbocycles. The van der Waals surface area contributed by atoms with E-state index in [1.54, 1.807) is 11.9 Å². The SMILES string of the molecule is CNC(=O)[C@H]1[C@H]2C(=O)N(CCCCO)C(C(=O)Nc3c(C)cccc3C)C23CC[C@]1(C)O3. The summed E-state index contributed by atoms with van der Waals surface area (Å²) in [5, 5.41) is 15.0. The van der Waals surface area contributed by atoms with Gasteiger partial charge in [0.2, 0.25) is 17.7 Å². The molecule has 0 aromatic heterocycles. The maximum atomic E-state index is 13.7. The highest BCUT2D eigenvalue weighted by molar-refractivity contribution is 6.04. The van der Waals surface area contributed by atoms with Crippen molar-refractivity contribution in [3.05, 3.63) is 29.3 Å². The summed E-state index contributed by atoms with van der Waals surface area (Å²) < 4.78 is 6.51. The molecule has 0 aliphatic carbocycles. The Hall–Kier alpha value is -2.45. The molecule has 3 aliphatic rings. The number of hydrogen-bond acceptors (Lipinski definition) is 5. The highest BCUT2D eigenvalue weighted by Crippen LogP contribution is 2.63. The van der Waals surface area contributed by atoms with E-state index in [-0.39, 0.29) is 24.3 Å². The van der Waals surface area contributed by atoms with Crippen LogP contribution >= 0.6 is 0 Å².